The number of thioether (sulfide) groups is 1. The number of para-hydroxylation sites is 1. The van der Waals surface area contributed by atoms with Crippen LogP contribution in [0.1, 0.15) is 24.3 Å². The van der Waals surface area contributed by atoms with Gasteiger partial charge < -0.3 is 19.9 Å². The summed E-state index contributed by atoms with van der Waals surface area (Å²) in [5, 5.41) is 23.5. The Morgan fingerprint density at radius 1 is 1.09 bits per heavy atom. The molecule has 7 nitrogen and oxygen atoms in total. The van der Waals surface area contributed by atoms with Gasteiger partial charge in [-0.3, -0.25) is 0 Å². The molecule has 1 atom stereocenters. The third-order valence-electron chi connectivity index (χ3n) is 5.23. The molecule has 1 aliphatic rings. The predicted octanol–water partition coefficient (Wildman–Crippen LogP) is 6.09. The first-order valence-electron chi connectivity index (χ1n) is 10.7. The SMILES string of the molecule is CCOc1cc([C@@H]2Nc3ccccc3-c3nnc(SCc4ccccc4Cl)nc3O2)ccc1O. The van der Waals surface area contributed by atoms with Crippen molar-refractivity contribution in [1.29, 1.82) is 0 Å². The highest BCUT2D eigenvalue weighted by molar-refractivity contribution is 7.98. The van der Waals surface area contributed by atoms with Gasteiger partial charge in [0.1, 0.15) is 0 Å². The Morgan fingerprint density at radius 2 is 1.91 bits per heavy atom. The van der Waals surface area contributed by atoms with Gasteiger partial charge in [0.05, 0.1) is 6.61 Å². The number of aromatic hydroxyl groups is 1. The highest BCUT2D eigenvalue weighted by Gasteiger charge is 2.26. The Kier molecular flexibility index (Phi) is 6.42. The molecule has 1 aliphatic heterocycles. The average molecular weight is 493 g/mol. The Bertz CT molecular complexity index is 1340. The van der Waals surface area contributed by atoms with Gasteiger partial charge in [-0.2, -0.15) is 4.98 Å². The number of nitrogens with one attached hydrogen (secondary N) is 1. The maximum Gasteiger partial charge on any atom is 0.247 e. The van der Waals surface area contributed by atoms with E-state index in [1.54, 1.807) is 18.2 Å². The van der Waals surface area contributed by atoms with Crippen molar-refractivity contribution >= 4 is 29.1 Å². The van der Waals surface area contributed by atoms with E-state index in [0.717, 1.165) is 22.4 Å². The number of ether oxygens (including phenoxy) is 2. The fourth-order valence-electron chi connectivity index (χ4n) is 3.58. The van der Waals surface area contributed by atoms with Gasteiger partial charge in [0.25, 0.3) is 0 Å². The second-order valence-corrected chi connectivity index (χ2v) is 8.83. The van der Waals surface area contributed by atoms with Gasteiger partial charge in [-0.25, -0.2) is 0 Å². The Hall–Kier alpha value is -3.49. The topological polar surface area (TPSA) is 89.4 Å². The zero-order chi connectivity index (χ0) is 23.5. The third kappa shape index (κ3) is 4.60. The molecule has 0 saturated heterocycles. The van der Waals surface area contributed by atoms with Crippen LogP contribution in [0.15, 0.2) is 71.9 Å². The minimum Gasteiger partial charge on any atom is -0.504 e. The maximum absolute atomic E-state index is 10.1. The number of halogens is 1. The van der Waals surface area contributed by atoms with E-state index >= 15 is 0 Å². The second-order valence-electron chi connectivity index (χ2n) is 7.48. The van der Waals surface area contributed by atoms with E-state index < -0.39 is 6.23 Å². The molecule has 9 heteroatoms. The van der Waals surface area contributed by atoms with Gasteiger partial charge in [-0.05, 0) is 42.8 Å². The number of hydrogen-bond donors (Lipinski definition) is 2. The summed E-state index contributed by atoms with van der Waals surface area (Å²) in [6, 6.07) is 20.6. The molecule has 34 heavy (non-hydrogen) atoms. The van der Waals surface area contributed by atoms with Crippen LogP contribution in [0.4, 0.5) is 5.69 Å². The second kappa shape index (κ2) is 9.79. The van der Waals surface area contributed by atoms with Crippen molar-refractivity contribution in [2.75, 3.05) is 11.9 Å². The number of hydrogen-bond acceptors (Lipinski definition) is 8. The van der Waals surface area contributed by atoms with Crippen LogP contribution in [0.3, 0.4) is 0 Å². The molecule has 0 aliphatic carbocycles. The molecule has 0 unspecified atom stereocenters. The zero-order valence-electron chi connectivity index (χ0n) is 18.2. The van der Waals surface area contributed by atoms with Crippen molar-refractivity contribution in [2.45, 2.75) is 24.1 Å². The lowest BCUT2D eigenvalue weighted by atomic mass is 10.1. The largest absolute Gasteiger partial charge is 0.504 e. The fourth-order valence-corrected chi connectivity index (χ4v) is 4.65. The van der Waals surface area contributed by atoms with E-state index in [4.69, 9.17) is 21.1 Å². The molecule has 2 N–H and O–H groups in total. The summed E-state index contributed by atoms with van der Waals surface area (Å²) in [7, 11) is 0. The van der Waals surface area contributed by atoms with Crippen LogP contribution in [0.2, 0.25) is 5.02 Å². The summed E-state index contributed by atoms with van der Waals surface area (Å²) in [4.78, 5) is 4.67. The van der Waals surface area contributed by atoms with Crippen molar-refractivity contribution in [2.24, 2.45) is 0 Å². The van der Waals surface area contributed by atoms with Crippen LogP contribution < -0.4 is 14.8 Å². The lowest BCUT2D eigenvalue weighted by Gasteiger charge is -2.20. The predicted molar refractivity (Wildman–Crippen MR) is 133 cm³/mol. The number of phenolic OH excluding ortho intramolecular Hbond substituents is 1. The molecule has 0 amide bonds. The van der Waals surface area contributed by atoms with E-state index in [9.17, 15) is 5.11 Å². The minimum absolute atomic E-state index is 0.0715. The molecule has 0 radical (unpaired) electrons. The highest BCUT2D eigenvalue weighted by atomic mass is 35.5. The summed E-state index contributed by atoms with van der Waals surface area (Å²) in [6.07, 6.45) is -0.583. The van der Waals surface area contributed by atoms with Gasteiger partial charge in [-0.15, -0.1) is 10.2 Å². The van der Waals surface area contributed by atoms with Crippen LogP contribution in [0.5, 0.6) is 17.4 Å². The summed E-state index contributed by atoms with van der Waals surface area (Å²) in [5.74, 6) is 1.43. The molecule has 1 aromatic heterocycles. The van der Waals surface area contributed by atoms with Crippen LogP contribution in [0.25, 0.3) is 11.3 Å². The first-order chi connectivity index (χ1) is 16.6. The zero-order valence-corrected chi connectivity index (χ0v) is 19.8. The van der Waals surface area contributed by atoms with E-state index in [2.05, 4.69) is 20.5 Å². The molecule has 5 rings (SSSR count). The summed E-state index contributed by atoms with van der Waals surface area (Å²) < 4.78 is 11.9. The number of fused-ring (bicyclic) bond motifs is 3. The van der Waals surface area contributed by atoms with Crippen molar-refractivity contribution in [3.05, 3.63) is 82.9 Å². The minimum atomic E-state index is -0.583. The lowest BCUT2D eigenvalue weighted by molar-refractivity contribution is 0.224. The number of rotatable bonds is 6. The van der Waals surface area contributed by atoms with Crippen LogP contribution in [-0.4, -0.2) is 26.9 Å². The maximum atomic E-state index is 10.1. The summed E-state index contributed by atoms with van der Waals surface area (Å²) in [6.45, 7) is 2.30. The summed E-state index contributed by atoms with van der Waals surface area (Å²) >= 11 is 7.72. The van der Waals surface area contributed by atoms with Gasteiger partial charge in [0.2, 0.25) is 11.0 Å². The van der Waals surface area contributed by atoms with Crippen LogP contribution in [0, 0.1) is 0 Å². The van der Waals surface area contributed by atoms with Crippen molar-refractivity contribution in [3.63, 3.8) is 0 Å². The normalized spacial score (nSPS) is 14.2. The van der Waals surface area contributed by atoms with Crippen molar-refractivity contribution in [3.8, 4) is 28.6 Å². The quantitative estimate of drug-likeness (QED) is 0.312. The molecule has 2 heterocycles. The molecule has 0 bridgehead atoms. The molecule has 0 spiro atoms. The van der Waals surface area contributed by atoms with Crippen LogP contribution >= 0.6 is 23.4 Å². The molecule has 0 fully saturated rings. The monoisotopic (exact) mass is 492 g/mol. The van der Waals surface area contributed by atoms with E-state index in [1.807, 2.05) is 55.5 Å². The molecule has 4 aromatic rings. The van der Waals surface area contributed by atoms with E-state index in [-0.39, 0.29) is 5.75 Å². The summed E-state index contributed by atoms with van der Waals surface area (Å²) in [5.41, 5.74) is 3.99. The number of anilines is 1. The smallest absolute Gasteiger partial charge is 0.247 e. The Morgan fingerprint density at radius 3 is 2.76 bits per heavy atom. The van der Waals surface area contributed by atoms with Crippen molar-refractivity contribution in [1.82, 2.24) is 15.2 Å². The highest BCUT2D eigenvalue weighted by Crippen LogP contribution is 2.41. The number of aromatic nitrogens is 3. The Balaban J connectivity index is 1.49. The number of benzene rings is 3. The fraction of sp³-hybridized carbons (Fsp3) is 0.160. The van der Waals surface area contributed by atoms with Gasteiger partial charge in [-0.1, -0.05) is 59.8 Å². The standard InChI is InChI=1S/C25H21ClN4O3S/c1-2-32-21-13-15(11-12-20(21)31)23-27-19-10-6-4-8-17(19)22-24(33-23)28-25(30-29-22)34-14-16-7-3-5-9-18(16)26/h3-13,23,27,31H,2,14H2,1H3/t23-/m1/s1. The first kappa shape index (κ1) is 22.3. The van der Waals surface area contributed by atoms with Gasteiger partial charge in [0.15, 0.2) is 23.4 Å². The molecular weight excluding hydrogens is 472 g/mol. The van der Waals surface area contributed by atoms with E-state index in [1.165, 1.54) is 11.8 Å². The van der Waals surface area contributed by atoms with E-state index in [0.29, 0.717) is 39.9 Å². The average Bonchev–Trinajstić information content (AvgIpc) is 3.01. The lowest BCUT2D eigenvalue weighted by Crippen LogP contribution is -2.17. The van der Waals surface area contributed by atoms with Crippen LogP contribution in [-0.2, 0) is 5.75 Å². The molecule has 3 aromatic carbocycles. The number of phenols is 1. The first-order valence-corrected chi connectivity index (χ1v) is 12.1. The third-order valence-corrected chi connectivity index (χ3v) is 6.49. The van der Waals surface area contributed by atoms with Crippen molar-refractivity contribution < 1.29 is 14.6 Å². The molecule has 0 saturated carbocycles. The van der Waals surface area contributed by atoms with Gasteiger partial charge >= 0.3 is 0 Å². The molecule has 172 valence electrons. The molecular formula is C25H21ClN4O3S. The Labute approximate surface area is 206 Å². The number of nitrogens with zero attached hydrogens (tertiary/aromatic N) is 3. The van der Waals surface area contributed by atoms with Gasteiger partial charge in [0, 0.05) is 27.6 Å².